The average Bonchev–Trinajstić information content (AvgIpc) is 2.97. The first kappa shape index (κ1) is 14.9. The van der Waals surface area contributed by atoms with Crippen molar-refractivity contribution in [3.63, 3.8) is 0 Å². The fourth-order valence-corrected chi connectivity index (χ4v) is 2.20. The van der Waals surface area contributed by atoms with Crippen LogP contribution in [0.1, 0.15) is 0 Å². The van der Waals surface area contributed by atoms with Crippen molar-refractivity contribution in [2.24, 2.45) is 0 Å². The first-order chi connectivity index (χ1) is 10.9. The zero-order valence-corrected chi connectivity index (χ0v) is 11.8. The highest BCUT2D eigenvalue weighted by Gasteiger charge is 2.33. The Bertz CT molecular complexity index is 861. The third-order valence-electron chi connectivity index (χ3n) is 3.16. The van der Waals surface area contributed by atoms with Crippen molar-refractivity contribution in [2.45, 2.75) is 6.36 Å². The molecule has 6 nitrogen and oxygen atoms in total. The molecular formula is C14H11F3N4O2. The van der Waals surface area contributed by atoms with Crippen LogP contribution in [0.3, 0.4) is 0 Å². The normalized spacial score (nSPS) is 11.7. The first-order valence-corrected chi connectivity index (χ1v) is 6.42. The molecule has 3 rings (SSSR count). The van der Waals surface area contributed by atoms with E-state index in [4.69, 9.17) is 10.5 Å². The number of nitrogens with zero attached hydrogens (tertiary/aromatic N) is 3. The number of ether oxygens (including phenoxy) is 2. The summed E-state index contributed by atoms with van der Waals surface area (Å²) in [6, 6.07) is 7.43. The second-order valence-electron chi connectivity index (χ2n) is 4.58. The van der Waals surface area contributed by atoms with Crippen LogP contribution in [0.5, 0.6) is 11.5 Å². The lowest BCUT2D eigenvalue weighted by atomic mass is 10.1. The Hall–Kier alpha value is -2.97. The summed E-state index contributed by atoms with van der Waals surface area (Å²) < 4.78 is 48.6. The van der Waals surface area contributed by atoms with Gasteiger partial charge in [0.05, 0.1) is 12.6 Å². The van der Waals surface area contributed by atoms with Crippen LogP contribution in [0.15, 0.2) is 36.5 Å². The van der Waals surface area contributed by atoms with E-state index in [1.807, 2.05) is 0 Å². The second kappa shape index (κ2) is 5.34. The summed E-state index contributed by atoms with van der Waals surface area (Å²) in [5.74, 6) is -0.0811. The smallest absolute Gasteiger partial charge is 0.497 e. The molecule has 0 unspecified atom stereocenters. The predicted octanol–water partition coefficient (Wildman–Crippen LogP) is 2.89. The number of fused-ring (bicyclic) bond motifs is 1. The quantitative estimate of drug-likeness (QED) is 0.802. The van der Waals surface area contributed by atoms with Crippen LogP contribution in [0.25, 0.3) is 16.8 Å². The molecule has 1 aromatic carbocycles. The maximum atomic E-state index is 12.7. The highest BCUT2D eigenvalue weighted by molar-refractivity contribution is 5.81. The van der Waals surface area contributed by atoms with Gasteiger partial charge in [-0.25, -0.2) is 0 Å². The van der Waals surface area contributed by atoms with Gasteiger partial charge in [-0.05, 0) is 24.3 Å². The Morgan fingerprint density at radius 3 is 2.65 bits per heavy atom. The molecule has 9 heteroatoms. The molecule has 2 heterocycles. The number of methoxy groups -OCH3 is 1. The monoisotopic (exact) mass is 324 g/mol. The van der Waals surface area contributed by atoms with Gasteiger partial charge < -0.3 is 15.2 Å². The molecule has 2 aromatic heterocycles. The maximum Gasteiger partial charge on any atom is 0.573 e. The maximum absolute atomic E-state index is 12.7. The SMILES string of the molecule is COc1ccc(-c2nnc(N)n3cccc23)c(OC(F)(F)F)c1. The Kier molecular flexibility index (Phi) is 3.47. The number of nitrogen functional groups attached to an aromatic ring is 1. The molecule has 0 radical (unpaired) electrons. The van der Waals surface area contributed by atoms with E-state index in [1.54, 1.807) is 18.3 Å². The fourth-order valence-electron chi connectivity index (χ4n) is 2.20. The Morgan fingerprint density at radius 1 is 1.17 bits per heavy atom. The minimum atomic E-state index is -4.85. The third kappa shape index (κ3) is 2.85. The molecule has 3 aromatic rings. The highest BCUT2D eigenvalue weighted by atomic mass is 19.4. The summed E-state index contributed by atoms with van der Waals surface area (Å²) in [6.45, 7) is 0. The Labute approximate surface area is 128 Å². The Balaban J connectivity index is 2.21. The van der Waals surface area contributed by atoms with Gasteiger partial charge in [-0.2, -0.15) is 0 Å². The molecule has 0 saturated carbocycles. The lowest BCUT2D eigenvalue weighted by Crippen LogP contribution is -2.18. The van der Waals surface area contributed by atoms with Crippen LogP contribution in [0.4, 0.5) is 19.1 Å². The summed E-state index contributed by atoms with van der Waals surface area (Å²) in [7, 11) is 1.35. The van der Waals surface area contributed by atoms with Gasteiger partial charge in [0.1, 0.15) is 17.2 Å². The van der Waals surface area contributed by atoms with E-state index in [-0.39, 0.29) is 23.0 Å². The molecule has 0 aliphatic rings. The van der Waals surface area contributed by atoms with E-state index < -0.39 is 12.1 Å². The van der Waals surface area contributed by atoms with Crippen molar-refractivity contribution >= 4 is 11.5 Å². The van der Waals surface area contributed by atoms with Gasteiger partial charge in [0.15, 0.2) is 0 Å². The molecule has 0 saturated heterocycles. The molecule has 0 spiro atoms. The first-order valence-electron chi connectivity index (χ1n) is 6.42. The topological polar surface area (TPSA) is 74.7 Å². The number of anilines is 1. The van der Waals surface area contributed by atoms with Crippen LogP contribution in [0, 0.1) is 0 Å². The van der Waals surface area contributed by atoms with Gasteiger partial charge >= 0.3 is 6.36 Å². The van der Waals surface area contributed by atoms with Gasteiger partial charge in [-0.15, -0.1) is 23.4 Å². The van der Waals surface area contributed by atoms with Crippen molar-refractivity contribution in [3.8, 4) is 22.8 Å². The van der Waals surface area contributed by atoms with Crippen molar-refractivity contribution < 1.29 is 22.6 Å². The minimum Gasteiger partial charge on any atom is -0.497 e. The number of hydrogen-bond donors (Lipinski definition) is 1. The summed E-state index contributed by atoms with van der Waals surface area (Å²) in [5.41, 5.74) is 6.54. The Morgan fingerprint density at radius 2 is 1.96 bits per heavy atom. The number of alkyl halides is 3. The van der Waals surface area contributed by atoms with Crippen LogP contribution in [-0.2, 0) is 0 Å². The van der Waals surface area contributed by atoms with Crippen molar-refractivity contribution in [1.29, 1.82) is 0 Å². The van der Waals surface area contributed by atoms with Crippen molar-refractivity contribution in [3.05, 3.63) is 36.5 Å². The van der Waals surface area contributed by atoms with Gasteiger partial charge in [-0.3, -0.25) is 4.40 Å². The lowest BCUT2D eigenvalue weighted by Gasteiger charge is -2.14. The molecule has 0 aliphatic carbocycles. The molecular weight excluding hydrogens is 313 g/mol. The summed E-state index contributed by atoms with van der Waals surface area (Å²) in [5, 5.41) is 7.67. The van der Waals surface area contributed by atoms with Gasteiger partial charge in [-0.1, -0.05) is 0 Å². The van der Waals surface area contributed by atoms with Gasteiger partial charge in [0.2, 0.25) is 5.95 Å². The number of benzene rings is 1. The molecule has 0 atom stereocenters. The number of rotatable bonds is 3. The van der Waals surface area contributed by atoms with Crippen LogP contribution >= 0.6 is 0 Å². The molecule has 120 valence electrons. The molecule has 0 bridgehead atoms. The molecule has 0 aliphatic heterocycles. The van der Waals surface area contributed by atoms with E-state index in [0.29, 0.717) is 5.52 Å². The van der Waals surface area contributed by atoms with Gasteiger partial charge in [0.25, 0.3) is 0 Å². The van der Waals surface area contributed by atoms with E-state index in [0.717, 1.165) is 6.07 Å². The highest BCUT2D eigenvalue weighted by Crippen LogP contribution is 2.37. The number of halogens is 3. The number of hydrogen-bond acceptors (Lipinski definition) is 5. The van der Waals surface area contributed by atoms with E-state index in [2.05, 4.69) is 14.9 Å². The largest absolute Gasteiger partial charge is 0.573 e. The molecule has 0 amide bonds. The van der Waals surface area contributed by atoms with Crippen molar-refractivity contribution in [1.82, 2.24) is 14.6 Å². The van der Waals surface area contributed by atoms with Crippen LogP contribution in [-0.4, -0.2) is 28.1 Å². The zero-order chi connectivity index (χ0) is 16.6. The van der Waals surface area contributed by atoms with E-state index >= 15 is 0 Å². The van der Waals surface area contributed by atoms with E-state index in [1.165, 1.54) is 23.6 Å². The molecule has 0 fully saturated rings. The average molecular weight is 324 g/mol. The summed E-state index contributed by atoms with van der Waals surface area (Å²) in [4.78, 5) is 0. The van der Waals surface area contributed by atoms with Gasteiger partial charge in [0, 0.05) is 17.8 Å². The van der Waals surface area contributed by atoms with Crippen LogP contribution < -0.4 is 15.2 Å². The third-order valence-corrected chi connectivity index (χ3v) is 3.16. The summed E-state index contributed by atoms with van der Waals surface area (Å²) >= 11 is 0. The lowest BCUT2D eigenvalue weighted by molar-refractivity contribution is -0.274. The second-order valence-corrected chi connectivity index (χ2v) is 4.58. The van der Waals surface area contributed by atoms with Crippen molar-refractivity contribution in [2.75, 3.05) is 12.8 Å². The zero-order valence-electron chi connectivity index (χ0n) is 11.8. The summed E-state index contributed by atoms with van der Waals surface area (Å²) in [6.07, 6.45) is -3.21. The van der Waals surface area contributed by atoms with E-state index in [9.17, 15) is 13.2 Å². The standard InChI is InChI=1S/C14H11F3N4O2/c1-22-8-4-5-9(11(7-8)23-14(15,16)17)12-10-3-2-6-21(10)13(18)20-19-12/h2-7H,1H3,(H2,18,20). The fraction of sp³-hybridized carbons (Fsp3) is 0.143. The minimum absolute atomic E-state index is 0.124. The predicted molar refractivity (Wildman–Crippen MR) is 76.1 cm³/mol. The number of nitrogens with two attached hydrogens (primary N) is 1. The number of aromatic nitrogens is 3. The molecule has 23 heavy (non-hydrogen) atoms. The van der Waals surface area contributed by atoms with Crippen LogP contribution in [0.2, 0.25) is 0 Å². The molecule has 2 N–H and O–H groups in total.